The first-order valence-corrected chi connectivity index (χ1v) is 8.53. The molecule has 0 fully saturated rings. The first-order valence-electron chi connectivity index (χ1n) is 8.53. The molecule has 8 nitrogen and oxygen atoms in total. The zero-order chi connectivity index (χ0) is 19.2. The Morgan fingerprint density at radius 1 is 0.808 bits per heavy atom. The second-order valence-electron chi connectivity index (χ2n) is 4.75. The van der Waals surface area contributed by atoms with Crippen LogP contribution in [0.15, 0.2) is 24.3 Å². The summed E-state index contributed by atoms with van der Waals surface area (Å²) in [6.45, 7) is 5.81. The third-order valence-corrected chi connectivity index (χ3v) is 3.13. The molecular weight excluding hydrogens is 342 g/mol. The van der Waals surface area contributed by atoms with Gasteiger partial charge in [-0.15, -0.1) is 5.06 Å². The Bertz CT molecular complexity index is 541. The molecule has 0 atom stereocenters. The van der Waals surface area contributed by atoms with Gasteiger partial charge in [0, 0.05) is 0 Å². The molecule has 0 bridgehead atoms. The summed E-state index contributed by atoms with van der Waals surface area (Å²) in [6.07, 6.45) is 0.678. The number of hydroxylamine groups is 2. The fraction of sp³-hybridized carbons (Fsp3) is 0.500. The van der Waals surface area contributed by atoms with E-state index in [1.165, 1.54) is 0 Å². The minimum atomic E-state index is -0.464. The van der Waals surface area contributed by atoms with E-state index in [4.69, 9.17) is 19.0 Å². The maximum atomic E-state index is 12.0. The lowest BCUT2D eigenvalue weighted by Gasteiger charge is -2.13. The maximum Gasteiger partial charge on any atom is 0.285 e. The molecular formula is C18H25NO7. The number of fused-ring (bicyclic) bond motifs is 1. The fourth-order valence-electron chi connectivity index (χ4n) is 2.04. The molecule has 0 N–H and O–H groups in total. The van der Waals surface area contributed by atoms with Crippen molar-refractivity contribution in [1.29, 1.82) is 0 Å². The first-order chi connectivity index (χ1) is 12.8. The van der Waals surface area contributed by atoms with Crippen LogP contribution in [-0.4, -0.2) is 69.4 Å². The van der Waals surface area contributed by atoms with Crippen LogP contribution in [0.4, 0.5) is 0 Å². The predicted molar refractivity (Wildman–Crippen MR) is 92.8 cm³/mol. The Kier molecular flexibility index (Phi) is 11.1. The number of carbonyl (C=O) groups excluding carboxylic acids is 3. The molecule has 2 rings (SSSR count). The Morgan fingerprint density at radius 2 is 1.27 bits per heavy atom. The van der Waals surface area contributed by atoms with Crippen LogP contribution in [0.5, 0.6) is 0 Å². The molecule has 1 aliphatic rings. The quantitative estimate of drug-likeness (QED) is 0.314. The van der Waals surface area contributed by atoms with E-state index in [1.807, 2.05) is 13.8 Å². The number of hydrogen-bond donors (Lipinski definition) is 0. The van der Waals surface area contributed by atoms with Crippen molar-refractivity contribution in [3.8, 4) is 0 Å². The third kappa shape index (κ3) is 6.64. The van der Waals surface area contributed by atoms with Crippen molar-refractivity contribution in [2.24, 2.45) is 0 Å². The fourth-order valence-corrected chi connectivity index (χ4v) is 2.04. The van der Waals surface area contributed by atoms with E-state index in [0.29, 0.717) is 43.8 Å². The topological polar surface area (TPSA) is 91.4 Å². The van der Waals surface area contributed by atoms with Gasteiger partial charge in [-0.1, -0.05) is 26.0 Å². The third-order valence-electron chi connectivity index (χ3n) is 3.13. The minimum absolute atomic E-state index is 0.0645. The van der Waals surface area contributed by atoms with E-state index in [9.17, 15) is 14.4 Å². The number of amides is 2. The van der Waals surface area contributed by atoms with Crippen molar-refractivity contribution in [1.82, 2.24) is 5.06 Å². The molecule has 2 amide bonds. The van der Waals surface area contributed by atoms with E-state index in [2.05, 4.69) is 0 Å². The molecule has 0 spiro atoms. The van der Waals surface area contributed by atoms with Crippen molar-refractivity contribution in [2.45, 2.75) is 13.8 Å². The minimum Gasteiger partial charge on any atom is -0.377 e. The van der Waals surface area contributed by atoms with Crippen molar-refractivity contribution >= 4 is 18.1 Å². The van der Waals surface area contributed by atoms with E-state index in [0.717, 1.165) is 5.06 Å². The summed E-state index contributed by atoms with van der Waals surface area (Å²) in [5.41, 5.74) is 0.683. The number of hydrogen-bond acceptors (Lipinski definition) is 7. The van der Waals surface area contributed by atoms with Gasteiger partial charge in [-0.25, -0.2) is 0 Å². The van der Waals surface area contributed by atoms with Gasteiger partial charge in [-0.05, 0) is 12.1 Å². The Morgan fingerprint density at radius 3 is 1.77 bits per heavy atom. The molecule has 1 aromatic carbocycles. The van der Waals surface area contributed by atoms with Gasteiger partial charge in [-0.2, -0.15) is 0 Å². The van der Waals surface area contributed by atoms with Crippen LogP contribution < -0.4 is 0 Å². The lowest BCUT2D eigenvalue weighted by molar-refractivity contribution is -0.113. The second-order valence-corrected chi connectivity index (χ2v) is 4.75. The molecule has 8 heteroatoms. The summed E-state index contributed by atoms with van der Waals surface area (Å²) in [6, 6.07) is 6.57. The molecule has 26 heavy (non-hydrogen) atoms. The standard InChI is InChI=1S/C16H19NO7.C2H6/c18-5-6-21-7-8-22-9-10-23-11-12-24-17-15(19)13-3-1-2-4-14(13)16(17)20;1-2/h1-5H,6-12H2;1-2H3. The number of imide groups is 1. The summed E-state index contributed by atoms with van der Waals surface area (Å²) >= 11 is 0. The van der Waals surface area contributed by atoms with Crippen LogP contribution in [0.1, 0.15) is 34.6 Å². The van der Waals surface area contributed by atoms with Crippen LogP contribution >= 0.6 is 0 Å². The molecule has 0 aromatic heterocycles. The first kappa shape index (κ1) is 21.9. The average molecular weight is 367 g/mol. The number of benzene rings is 1. The van der Waals surface area contributed by atoms with Gasteiger partial charge >= 0.3 is 0 Å². The molecule has 0 radical (unpaired) electrons. The summed E-state index contributed by atoms with van der Waals surface area (Å²) in [5, 5.41) is 0.759. The Hall–Kier alpha value is -2.13. The predicted octanol–water partition coefficient (Wildman–Crippen LogP) is 1.49. The number of nitrogens with zero attached hydrogens (tertiary/aromatic N) is 1. The lowest BCUT2D eigenvalue weighted by Crippen LogP contribution is -2.31. The van der Waals surface area contributed by atoms with Crippen molar-refractivity contribution in [3.63, 3.8) is 0 Å². The SMILES string of the molecule is CC.O=CCOCCOCCOCCON1C(=O)c2ccccc2C1=O. The van der Waals surface area contributed by atoms with Gasteiger partial charge in [-0.3, -0.25) is 14.4 Å². The van der Waals surface area contributed by atoms with Crippen LogP contribution in [-0.2, 0) is 23.8 Å². The maximum absolute atomic E-state index is 12.0. The van der Waals surface area contributed by atoms with Gasteiger partial charge in [0.25, 0.3) is 11.8 Å². The van der Waals surface area contributed by atoms with Crippen molar-refractivity contribution in [2.75, 3.05) is 46.2 Å². The average Bonchev–Trinajstić information content (AvgIpc) is 2.92. The lowest BCUT2D eigenvalue weighted by atomic mass is 10.1. The number of carbonyl (C=O) groups is 3. The highest BCUT2D eigenvalue weighted by Gasteiger charge is 2.36. The monoisotopic (exact) mass is 367 g/mol. The van der Waals surface area contributed by atoms with Gasteiger partial charge < -0.3 is 19.0 Å². The summed E-state index contributed by atoms with van der Waals surface area (Å²) in [4.78, 5) is 39.2. The van der Waals surface area contributed by atoms with Crippen LogP contribution in [0, 0.1) is 0 Å². The zero-order valence-corrected chi connectivity index (χ0v) is 15.1. The molecule has 144 valence electrons. The van der Waals surface area contributed by atoms with Crippen molar-refractivity contribution in [3.05, 3.63) is 35.4 Å². The number of aldehydes is 1. The summed E-state index contributed by atoms with van der Waals surface area (Å²) < 4.78 is 15.4. The number of ether oxygens (including phenoxy) is 3. The highest BCUT2D eigenvalue weighted by molar-refractivity contribution is 6.20. The number of rotatable bonds is 12. The Labute approximate surface area is 152 Å². The molecule has 1 aromatic rings. The van der Waals surface area contributed by atoms with Crippen molar-refractivity contribution < 1.29 is 33.4 Å². The van der Waals surface area contributed by atoms with E-state index in [-0.39, 0.29) is 19.8 Å². The largest absolute Gasteiger partial charge is 0.377 e. The highest BCUT2D eigenvalue weighted by Crippen LogP contribution is 2.22. The normalized spacial score (nSPS) is 12.6. The zero-order valence-electron chi connectivity index (χ0n) is 15.1. The summed E-state index contributed by atoms with van der Waals surface area (Å²) in [7, 11) is 0. The summed E-state index contributed by atoms with van der Waals surface area (Å²) in [5.74, 6) is -0.927. The smallest absolute Gasteiger partial charge is 0.285 e. The van der Waals surface area contributed by atoms with Gasteiger partial charge in [0.15, 0.2) is 0 Å². The van der Waals surface area contributed by atoms with E-state index < -0.39 is 11.8 Å². The van der Waals surface area contributed by atoms with Gasteiger partial charge in [0.2, 0.25) is 0 Å². The Balaban J connectivity index is 0.00000163. The second kappa shape index (κ2) is 13.1. The van der Waals surface area contributed by atoms with Gasteiger partial charge in [0.1, 0.15) is 12.9 Å². The molecule has 0 saturated heterocycles. The van der Waals surface area contributed by atoms with Crippen LogP contribution in [0.3, 0.4) is 0 Å². The molecule has 1 heterocycles. The molecule has 0 aliphatic carbocycles. The van der Waals surface area contributed by atoms with Crippen LogP contribution in [0.25, 0.3) is 0 Å². The van der Waals surface area contributed by atoms with E-state index in [1.54, 1.807) is 24.3 Å². The molecule has 0 saturated carbocycles. The molecule has 0 unspecified atom stereocenters. The van der Waals surface area contributed by atoms with E-state index >= 15 is 0 Å². The van der Waals surface area contributed by atoms with Gasteiger partial charge in [0.05, 0.1) is 50.8 Å². The highest BCUT2D eigenvalue weighted by atomic mass is 16.7. The molecule has 1 aliphatic heterocycles. The van der Waals surface area contributed by atoms with Crippen LogP contribution in [0.2, 0.25) is 0 Å².